The second-order valence-electron chi connectivity index (χ2n) is 6.55. The van der Waals surface area contributed by atoms with Crippen molar-refractivity contribution in [3.63, 3.8) is 0 Å². The fourth-order valence-corrected chi connectivity index (χ4v) is 3.40. The van der Waals surface area contributed by atoms with Crippen molar-refractivity contribution in [2.24, 2.45) is 0 Å². The van der Waals surface area contributed by atoms with Gasteiger partial charge >= 0.3 is 0 Å². The molecule has 9 nitrogen and oxygen atoms in total. The van der Waals surface area contributed by atoms with Crippen molar-refractivity contribution in [2.75, 3.05) is 41.8 Å². The van der Waals surface area contributed by atoms with Gasteiger partial charge in [0.2, 0.25) is 17.8 Å². The molecule has 2 aliphatic heterocycles. The number of nitrogens with zero attached hydrogens (tertiary/aromatic N) is 2. The Kier molecular flexibility index (Phi) is 5.01. The van der Waals surface area contributed by atoms with Crippen LogP contribution in [0.2, 0.25) is 5.02 Å². The number of ether oxygens (including phenoxy) is 1. The van der Waals surface area contributed by atoms with Crippen LogP contribution in [0.15, 0.2) is 29.1 Å². The molecule has 3 N–H and O–H groups in total. The summed E-state index contributed by atoms with van der Waals surface area (Å²) in [7, 11) is 0. The zero-order chi connectivity index (χ0) is 19.7. The molecule has 1 saturated heterocycles. The summed E-state index contributed by atoms with van der Waals surface area (Å²) < 4.78 is 5.29. The Morgan fingerprint density at radius 1 is 1.25 bits per heavy atom. The van der Waals surface area contributed by atoms with Gasteiger partial charge in [-0.1, -0.05) is 11.6 Å². The minimum absolute atomic E-state index is 0.164. The van der Waals surface area contributed by atoms with E-state index in [4.69, 9.17) is 16.3 Å². The number of rotatable bonds is 4. The maximum Gasteiger partial charge on any atom is 0.258 e. The van der Waals surface area contributed by atoms with E-state index in [0.717, 1.165) is 0 Å². The number of anilines is 3. The van der Waals surface area contributed by atoms with E-state index in [2.05, 4.69) is 20.6 Å². The van der Waals surface area contributed by atoms with E-state index in [1.165, 1.54) is 0 Å². The second kappa shape index (κ2) is 7.61. The zero-order valence-electron chi connectivity index (χ0n) is 14.8. The Bertz CT molecular complexity index is 969. The van der Waals surface area contributed by atoms with E-state index in [0.29, 0.717) is 43.0 Å². The normalized spacial score (nSPS) is 18.5. The zero-order valence-corrected chi connectivity index (χ0v) is 15.6. The van der Waals surface area contributed by atoms with Gasteiger partial charge in [-0.05, 0) is 24.3 Å². The van der Waals surface area contributed by atoms with Crippen LogP contribution in [0.3, 0.4) is 0 Å². The number of H-pyrrole nitrogens is 1. The molecular formula is C18H18ClN5O4. The number of aromatic nitrogens is 2. The number of hydrogen-bond donors (Lipinski definition) is 3. The summed E-state index contributed by atoms with van der Waals surface area (Å²) in [5.74, 6) is -1.10. The van der Waals surface area contributed by atoms with Crippen molar-refractivity contribution in [2.45, 2.75) is 12.3 Å². The maximum absolute atomic E-state index is 12.6. The number of fused-ring (bicyclic) bond motifs is 1. The monoisotopic (exact) mass is 403 g/mol. The molecule has 10 heteroatoms. The van der Waals surface area contributed by atoms with Gasteiger partial charge in [0.1, 0.15) is 5.82 Å². The third-order valence-electron chi connectivity index (χ3n) is 4.68. The van der Waals surface area contributed by atoms with Gasteiger partial charge in [-0.2, -0.15) is 4.98 Å². The first-order valence-corrected chi connectivity index (χ1v) is 9.22. The molecule has 3 heterocycles. The average Bonchev–Trinajstić information content (AvgIpc) is 3.00. The highest BCUT2D eigenvalue weighted by Gasteiger charge is 2.37. The third-order valence-corrected chi connectivity index (χ3v) is 4.93. The van der Waals surface area contributed by atoms with Crippen molar-refractivity contribution in [1.82, 2.24) is 9.97 Å². The molecule has 2 amide bonds. The highest BCUT2D eigenvalue weighted by atomic mass is 35.5. The molecule has 0 spiro atoms. The van der Waals surface area contributed by atoms with Gasteiger partial charge in [0.25, 0.3) is 5.56 Å². The molecule has 28 heavy (non-hydrogen) atoms. The lowest BCUT2D eigenvalue weighted by Gasteiger charge is -2.27. The number of hydrogen-bond acceptors (Lipinski definition) is 6. The minimum atomic E-state index is -0.891. The number of nitrogens with one attached hydrogen (secondary N) is 3. The summed E-state index contributed by atoms with van der Waals surface area (Å²) in [6.45, 7) is 2.28. The lowest BCUT2D eigenvalue weighted by Crippen LogP contribution is -2.38. The fraction of sp³-hybridized carbons (Fsp3) is 0.333. The predicted molar refractivity (Wildman–Crippen MR) is 104 cm³/mol. The van der Waals surface area contributed by atoms with Crippen LogP contribution in [-0.4, -0.2) is 48.1 Å². The number of aromatic amines is 1. The summed E-state index contributed by atoms with van der Waals surface area (Å²) in [6.07, 6.45) is -0.164. The van der Waals surface area contributed by atoms with Crippen molar-refractivity contribution in [1.29, 1.82) is 0 Å². The Balaban J connectivity index is 1.52. The Labute approximate surface area is 165 Å². The molecule has 1 aromatic heterocycles. The van der Waals surface area contributed by atoms with Gasteiger partial charge in [0.15, 0.2) is 0 Å². The summed E-state index contributed by atoms with van der Waals surface area (Å²) in [5.41, 5.74) is 0.324. The molecule has 0 aliphatic carbocycles. The highest BCUT2D eigenvalue weighted by Crippen LogP contribution is 2.31. The molecule has 0 unspecified atom stereocenters. The van der Waals surface area contributed by atoms with Crippen LogP contribution in [0, 0.1) is 0 Å². The molecule has 0 saturated carbocycles. The molecule has 0 radical (unpaired) electrons. The average molecular weight is 404 g/mol. The van der Waals surface area contributed by atoms with Crippen LogP contribution >= 0.6 is 11.6 Å². The second-order valence-corrected chi connectivity index (χ2v) is 6.99. The lowest BCUT2D eigenvalue weighted by atomic mass is 9.99. The van der Waals surface area contributed by atoms with Gasteiger partial charge in [-0.15, -0.1) is 0 Å². The lowest BCUT2D eigenvalue weighted by molar-refractivity contribution is -0.122. The first kappa shape index (κ1) is 18.5. The van der Waals surface area contributed by atoms with E-state index in [-0.39, 0.29) is 23.7 Å². The summed E-state index contributed by atoms with van der Waals surface area (Å²) in [5, 5.41) is 5.87. The SMILES string of the molecule is O=C(C[C@H]1C(=O)Nc2nc(N3CCOCC3)[nH]c(=O)c21)Nc1ccc(Cl)cc1. The van der Waals surface area contributed by atoms with Crippen molar-refractivity contribution >= 4 is 40.9 Å². The number of morpholine rings is 1. The van der Waals surface area contributed by atoms with E-state index in [9.17, 15) is 14.4 Å². The van der Waals surface area contributed by atoms with Crippen LogP contribution < -0.4 is 21.1 Å². The molecule has 146 valence electrons. The van der Waals surface area contributed by atoms with Crippen molar-refractivity contribution in [3.8, 4) is 0 Å². The highest BCUT2D eigenvalue weighted by molar-refractivity contribution is 6.30. The number of carbonyl (C=O) groups excluding carboxylic acids is 2. The number of halogens is 1. The van der Waals surface area contributed by atoms with Gasteiger partial charge in [0.05, 0.1) is 24.7 Å². The van der Waals surface area contributed by atoms with Crippen LogP contribution in [-0.2, 0) is 14.3 Å². The van der Waals surface area contributed by atoms with E-state index >= 15 is 0 Å². The van der Waals surface area contributed by atoms with Crippen LogP contribution in [0.1, 0.15) is 17.9 Å². The molecule has 1 aromatic carbocycles. The molecule has 2 aromatic rings. The molecule has 2 aliphatic rings. The minimum Gasteiger partial charge on any atom is -0.378 e. The van der Waals surface area contributed by atoms with Crippen molar-refractivity contribution in [3.05, 3.63) is 45.2 Å². The van der Waals surface area contributed by atoms with Gasteiger partial charge in [0, 0.05) is 30.2 Å². The Morgan fingerprint density at radius 2 is 1.96 bits per heavy atom. The molecular weight excluding hydrogens is 386 g/mol. The molecule has 0 bridgehead atoms. The third kappa shape index (κ3) is 3.71. The summed E-state index contributed by atoms with van der Waals surface area (Å²) >= 11 is 5.83. The fourth-order valence-electron chi connectivity index (χ4n) is 3.27. The molecule has 4 rings (SSSR count). The van der Waals surface area contributed by atoms with Gasteiger partial charge < -0.3 is 20.3 Å². The largest absolute Gasteiger partial charge is 0.378 e. The topological polar surface area (TPSA) is 116 Å². The predicted octanol–water partition coefficient (Wildman–Crippen LogP) is 1.32. The first-order valence-electron chi connectivity index (χ1n) is 8.84. The van der Waals surface area contributed by atoms with Gasteiger partial charge in [-0.3, -0.25) is 19.4 Å². The van der Waals surface area contributed by atoms with Gasteiger partial charge in [-0.25, -0.2) is 0 Å². The van der Waals surface area contributed by atoms with Crippen LogP contribution in [0.4, 0.5) is 17.5 Å². The van der Waals surface area contributed by atoms with E-state index in [1.54, 1.807) is 24.3 Å². The Hall–Kier alpha value is -2.91. The first-order chi connectivity index (χ1) is 13.5. The van der Waals surface area contributed by atoms with Crippen LogP contribution in [0.25, 0.3) is 0 Å². The number of carbonyl (C=O) groups is 2. The molecule has 1 fully saturated rings. The molecule has 1 atom stereocenters. The number of amides is 2. The maximum atomic E-state index is 12.6. The summed E-state index contributed by atoms with van der Waals surface area (Å²) in [6, 6.07) is 6.62. The van der Waals surface area contributed by atoms with E-state index < -0.39 is 17.4 Å². The standard InChI is InChI=1S/C18H18ClN5O4/c19-10-1-3-11(4-2-10)20-13(25)9-12-14-15(21-16(12)26)22-18(23-17(14)27)24-5-7-28-8-6-24/h1-4,12H,5-9H2,(H,20,25)(H2,21,22,23,26,27)/t12-/m1/s1. The Morgan fingerprint density at radius 3 is 2.68 bits per heavy atom. The van der Waals surface area contributed by atoms with Crippen molar-refractivity contribution < 1.29 is 14.3 Å². The van der Waals surface area contributed by atoms with E-state index in [1.807, 2.05) is 4.90 Å². The van der Waals surface area contributed by atoms with Crippen LogP contribution in [0.5, 0.6) is 0 Å². The smallest absolute Gasteiger partial charge is 0.258 e. The summed E-state index contributed by atoms with van der Waals surface area (Å²) in [4.78, 5) is 46.3. The number of benzene rings is 1. The quantitative estimate of drug-likeness (QED) is 0.709.